The molecule has 0 aromatic heterocycles. The van der Waals surface area contributed by atoms with Crippen LogP contribution in [0.2, 0.25) is 0 Å². The predicted octanol–water partition coefficient (Wildman–Crippen LogP) is 2.31. The minimum Gasteiger partial charge on any atom is -0.497 e. The smallest absolute Gasteiger partial charge is 0.252 e. The second-order valence-corrected chi connectivity index (χ2v) is 5.99. The van der Waals surface area contributed by atoms with Crippen LogP contribution in [0.4, 0.5) is 8.78 Å². The van der Waals surface area contributed by atoms with Crippen LogP contribution in [0, 0.1) is 11.6 Å². The van der Waals surface area contributed by atoms with E-state index in [1.165, 1.54) is 0 Å². The van der Waals surface area contributed by atoms with Crippen molar-refractivity contribution in [1.29, 1.82) is 0 Å². The van der Waals surface area contributed by atoms with E-state index in [9.17, 15) is 13.6 Å². The van der Waals surface area contributed by atoms with E-state index < -0.39 is 23.7 Å². The number of methoxy groups -OCH3 is 1. The van der Waals surface area contributed by atoms with Crippen molar-refractivity contribution in [3.05, 3.63) is 65.2 Å². The van der Waals surface area contributed by atoms with Crippen LogP contribution < -0.4 is 20.9 Å². The quantitative estimate of drug-likeness (QED) is 0.794. The molecule has 0 saturated carbocycles. The molecule has 25 heavy (non-hydrogen) atoms. The summed E-state index contributed by atoms with van der Waals surface area (Å²) < 4.78 is 31.8. The molecule has 0 spiro atoms. The number of hydrogen-bond donors (Lipinski definition) is 3. The summed E-state index contributed by atoms with van der Waals surface area (Å²) >= 11 is 0. The van der Waals surface area contributed by atoms with Gasteiger partial charge in [-0.1, -0.05) is 12.1 Å². The molecule has 1 amide bonds. The maximum absolute atomic E-state index is 13.3. The summed E-state index contributed by atoms with van der Waals surface area (Å²) in [7, 11) is 1.59. The molecule has 2 aromatic rings. The second kappa shape index (κ2) is 7.16. The summed E-state index contributed by atoms with van der Waals surface area (Å²) in [6, 6.07) is 10.3. The normalized spacial score (nSPS) is 22.6. The fraction of sp³-hybridized carbons (Fsp3) is 0.278. The molecule has 3 N–H and O–H groups in total. The van der Waals surface area contributed by atoms with E-state index >= 15 is 0 Å². The van der Waals surface area contributed by atoms with Gasteiger partial charge in [0.1, 0.15) is 23.5 Å². The molecule has 132 valence electrons. The number of nitrogens with one attached hydrogen (secondary N) is 3. The molecule has 1 aliphatic rings. The van der Waals surface area contributed by atoms with Gasteiger partial charge in [0.15, 0.2) is 0 Å². The Labute approximate surface area is 144 Å². The molecule has 3 rings (SSSR count). The first kappa shape index (κ1) is 17.3. The maximum Gasteiger partial charge on any atom is 0.252 e. The van der Waals surface area contributed by atoms with Crippen molar-refractivity contribution < 1.29 is 18.3 Å². The van der Waals surface area contributed by atoms with Gasteiger partial charge in [0.25, 0.3) is 5.91 Å². The zero-order valence-corrected chi connectivity index (χ0v) is 13.8. The van der Waals surface area contributed by atoms with Gasteiger partial charge >= 0.3 is 0 Å². The van der Waals surface area contributed by atoms with Gasteiger partial charge in [-0.05, 0) is 36.8 Å². The minimum atomic E-state index is -0.789. The molecule has 1 aliphatic heterocycles. The van der Waals surface area contributed by atoms with Gasteiger partial charge in [0.05, 0.1) is 7.11 Å². The highest BCUT2D eigenvalue weighted by Gasteiger charge is 2.35. The number of hydrogen-bond acceptors (Lipinski definition) is 4. The molecule has 1 heterocycles. The molecule has 0 aliphatic carbocycles. The number of amides is 1. The van der Waals surface area contributed by atoms with E-state index in [0.717, 1.165) is 29.5 Å². The van der Waals surface area contributed by atoms with E-state index in [1.807, 2.05) is 31.2 Å². The Morgan fingerprint density at radius 1 is 1.08 bits per heavy atom. The maximum atomic E-state index is 13.3. The van der Waals surface area contributed by atoms with E-state index in [1.54, 1.807) is 7.11 Å². The molecule has 1 saturated heterocycles. The summed E-state index contributed by atoms with van der Waals surface area (Å²) in [5.41, 5.74) is 7.03. The van der Waals surface area contributed by atoms with Crippen LogP contribution >= 0.6 is 0 Å². The summed E-state index contributed by atoms with van der Waals surface area (Å²) in [5, 5.41) is 2.78. The molecule has 0 radical (unpaired) electrons. The molecule has 5 nitrogen and oxygen atoms in total. The highest BCUT2D eigenvalue weighted by atomic mass is 19.1. The first-order valence-corrected chi connectivity index (χ1v) is 7.90. The van der Waals surface area contributed by atoms with Gasteiger partial charge in [-0.25, -0.2) is 14.2 Å². The molecule has 0 bridgehead atoms. The monoisotopic (exact) mass is 347 g/mol. The Balaban J connectivity index is 1.79. The Kier molecular flexibility index (Phi) is 4.96. The van der Waals surface area contributed by atoms with Gasteiger partial charge in [0, 0.05) is 23.6 Å². The Hall–Kier alpha value is -2.51. The van der Waals surface area contributed by atoms with E-state index in [0.29, 0.717) is 0 Å². The first-order chi connectivity index (χ1) is 12.0. The first-order valence-electron chi connectivity index (χ1n) is 7.90. The van der Waals surface area contributed by atoms with Crippen LogP contribution in [0.25, 0.3) is 0 Å². The number of benzene rings is 2. The molecule has 3 atom stereocenters. The zero-order chi connectivity index (χ0) is 18.0. The van der Waals surface area contributed by atoms with Crippen molar-refractivity contribution in [2.75, 3.05) is 7.11 Å². The van der Waals surface area contributed by atoms with Crippen LogP contribution in [0.5, 0.6) is 5.75 Å². The number of rotatable bonds is 4. The van der Waals surface area contributed by atoms with Crippen molar-refractivity contribution in [3.8, 4) is 5.75 Å². The van der Waals surface area contributed by atoms with Crippen molar-refractivity contribution in [2.45, 2.75) is 25.0 Å². The lowest BCUT2D eigenvalue weighted by Gasteiger charge is -2.22. The molecule has 2 aromatic carbocycles. The Bertz CT molecular complexity index is 747. The molecular formula is C18H19F2N3O2. The van der Waals surface area contributed by atoms with Gasteiger partial charge in [-0.3, -0.25) is 10.2 Å². The number of ether oxygens (including phenoxy) is 1. The van der Waals surface area contributed by atoms with Gasteiger partial charge < -0.3 is 10.1 Å². The SMILES string of the molecule is COc1ccc(C2C(C)NNC2NC(=O)c2cc(F)cc(F)c2)cc1. The summed E-state index contributed by atoms with van der Waals surface area (Å²) in [6.07, 6.45) is -0.428. The lowest BCUT2D eigenvalue weighted by atomic mass is 9.91. The third kappa shape index (κ3) is 3.78. The van der Waals surface area contributed by atoms with E-state index in [2.05, 4.69) is 16.2 Å². The van der Waals surface area contributed by atoms with Crippen molar-refractivity contribution in [3.63, 3.8) is 0 Å². The molecule has 3 unspecified atom stereocenters. The van der Waals surface area contributed by atoms with Crippen LogP contribution in [-0.2, 0) is 0 Å². The van der Waals surface area contributed by atoms with Crippen LogP contribution in [0.15, 0.2) is 42.5 Å². The zero-order valence-electron chi connectivity index (χ0n) is 13.8. The van der Waals surface area contributed by atoms with Gasteiger partial charge in [-0.2, -0.15) is 0 Å². The number of carbonyl (C=O) groups excluding carboxylic acids is 1. The van der Waals surface area contributed by atoms with Crippen LogP contribution in [-0.4, -0.2) is 25.2 Å². The minimum absolute atomic E-state index is 0.0444. The van der Waals surface area contributed by atoms with E-state index in [4.69, 9.17) is 4.74 Å². The lowest BCUT2D eigenvalue weighted by molar-refractivity contribution is 0.0927. The summed E-state index contributed by atoms with van der Waals surface area (Å²) in [4.78, 5) is 12.4. The largest absolute Gasteiger partial charge is 0.497 e. The van der Waals surface area contributed by atoms with Crippen molar-refractivity contribution >= 4 is 5.91 Å². The molecule has 7 heteroatoms. The Morgan fingerprint density at radius 2 is 1.72 bits per heavy atom. The average molecular weight is 347 g/mol. The van der Waals surface area contributed by atoms with Crippen molar-refractivity contribution in [2.24, 2.45) is 0 Å². The fourth-order valence-corrected chi connectivity index (χ4v) is 3.03. The third-order valence-corrected chi connectivity index (χ3v) is 4.28. The van der Waals surface area contributed by atoms with Crippen molar-refractivity contribution in [1.82, 2.24) is 16.2 Å². The number of halogens is 2. The van der Waals surface area contributed by atoms with Crippen LogP contribution in [0.1, 0.15) is 28.8 Å². The third-order valence-electron chi connectivity index (χ3n) is 4.28. The predicted molar refractivity (Wildman–Crippen MR) is 89.1 cm³/mol. The number of carbonyl (C=O) groups is 1. The number of hydrazine groups is 1. The fourth-order valence-electron chi connectivity index (χ4n) is 3.03. The van der Waals surface area contributed by atoms with Crippen LogP contribution in [0.3, 0.4) is 0 Å². The molecular weight excluding hydrogens is 328 g/mol. The summed E-state index contributed by atoms with van der Waals surface area (Å²) in [6.45, 7) is 1.98. The van der Waals surface area contributed by atoms with Gasteiger partial charge in [0.2, 0.25) is 0 Å². The Morgan fingerprint density at radius 3 is 2.32 bits per heavy atom. The standard InChI is InChI=1S/C18H19F2N3O2/c1-10-16(11-3-5-15(25-2)6-4-11)17(23-22-10)21-18(24)12-7-13(19)9-14(20)8-12/h3-10,16-17,22-23H,1-2H3,(H,21,24). The van der Waals surface area contributed by atoms with Gasteiger partial charge in [-0.15, -0.1) is 0 Å². The highest BCUT2D eigenvalue weighted by molar-refractivity contribution is 5.94. The summed E-state index contributed by atoms with van der Waals surface area (Å²) in [5.74, 6) is -1.45. The second-order valence-electron chi connectivity index (χ2n) is 5.99. The van der Waals surface area contributed by atoms with E-state index in [-0.39, 0.29) is 17.5 Å². The topological polar surface area (TPSA) is 62.4 Å². The highest BCUT2D eigenvalue weighted by Crippen LogP contribution is 2.27. The average Bonchev–Trinajstić information content (AvgIpc) is 2.94. The lowest BCUT2D eigenvalue weighted by Crippen LogP contribution is -2.46. The molecule has 1 fully saturated rings.